The van der Waals surface area contributed by atoms with E-state index in [0.717, 1.165) is 45.2 Å². The highest BCUT2D eigenvalue weighted by molar-refractivity contribution is 5.83. The molecule has 28 heavy (non-hydrogen) atoms. The lowest BCUT2D eigenvalue weighted by molar-refractivity contribution is -0.162. The molecule has 4 unspecified atom stereocenters. The van der Waals surface area contributed by atoms with Crippen LogP contribution in [0.1, 0.15) is 43.6 Å². The van der Waals surface area contributed by atoms with E-state index in [1.54, 1.807) is 0 Å². The van der Waals surface area contributed by atoms with E-state index in [1.807, 2.05) is 6.07 Å². The monoisotopic (exact) mass is 378 g/mol. The highest BCUT2D eigenvalue weighted by atomic mass is 16.3. The van der Waals surface area contributed by atoms with Gasteiger partial charge in [0.15, 0.2) is 0 Å². The standard InChI is InChI=1S/C23H30N4O/c24-11-19(20-16-6-14-7-17(20)10-23(28,8-14)9-16)21(22(25)26)27-12-18(13-27)15-4-2-1-3-5-15/h1-5,14,16-21,28H,6-10,12-13H2,(H3,25,26). The number of amidine groups is 1. The quantitative estimate of drug-likeness (QED) is 0.542. The molecule has 5 nitrogen and oxygen atoms in total. The van der Waals surface area contributed by atoms with Crippen LogP contribution in [-0.4, -0.2) is 40.6 Å². The van der Waals surface area contributed by atoms with Crippen LogP contribution in [0.4, 0.5) is 0 Å². The molecule has 1 saturated heterocycles. The van der Waals surface area contributed by atoms with Crippen molar-refractivity contribution in [3.05, 3.63) is 35.9 Å². The Morgan fingerprint density at radius 2 is 1.82 bits per heavy atom. The molecule has 0 radical (unpaired) electrons. The van der Waals surface area contributed by atoms with Crippen LogP contribution in [0.5, 0.6) is 0 Å². The number of aliphatic hydroxyl groups is 1. The molecular formula is C23H30N4O. The smallest absolute Gasteiger partial charge is 0.110 e. The Kier molecular flexibility index (Phi) is 4.26. The maximum atomic E-state index is 10.9. The van der Waals surface area contributed by atoms with Gasteiger partial charge in [-0.2, -0.15) is 5.26 Å². The third-order valence-electron chi connectivity index (χ3n) is 8.11. The highest BCUT2D eigenvalue weighted by Crippen LogP contribution is 2.60. The number of hydrogen-bond donors (Lipinski definition) is 3. The van der Waals surface area contributed by atoms with Gasteiger partial charge in [-0.3, -0.25) is 10.3 Å². The predicted molar refractivity (Wildman–Crippen MR) is 108 cm³/mol. The van der Waals surface area contributed by atoms with Crippen LogP contribution in [0.25, 0.3) is 0 Å². The van der Waals surface area contributed by atoms with Crippen LogP contribution < -0.4 is 5.73 Å². The first-order chi connectivity index (χ1) is 13.5. The molecule has 1 heterocycles. The molecule has 4 atom stereocenters. The topological polar surface area (TPSA) is 97.1 Å². The van der Waals surface area contributed by atoms with Gasteiger partial charge < -0.3 is 10.8 Å². The van der Waals surface area contributed by atoms with Crippen LogP contribution in [0.15, 0.2) is 30.3 Å². The van der Waals surface area contributed by atoms with E-state index in [0.29, 0.717) is 23.7 Å². The SMILES string of the molecule is N#CC(C1C2CC3CC1CC(O)(C3)C2)C(C(=N)N)N1CC(c2ccccc2)C1. The molecule has 5 fully saturated rings. The minimum Gasteiger partial charge on any atom is -0.390 e. The molecule has 4 N–H and O–H groups in total. The molecule has 0 amide bonds. The third kappa shape index (κ3) is 2.86. The van der Waals surface area contributed by atoms with Gasteiger partial charge in [0.25, 0.3) is 0 Å². The van der Waals surface area contributed by atoms with Gasteiger partial charge in [-0.25, -0.2) is 0 Å². The van der Waals surface area contributed by atoms with Crippen LogP contribution in [0.2, 0.25) is 0 Å². The van der Waals surface area contributed by atoms with E-state index in [9.17, 15) is 10.4 Å². The predicted octanol–water partition coefficient (Wildman–Crippen LogP) is 2.72. The van der Waals surface area contributed by atoms with Gasteiger partial charge in [0.1, 0.15) is 5.84 Å². The minimum absolute atomic E-state index is 0.130. The van der Waals surface area contributed by atoms with E-state index in [4.69, 9.17) is 11.1 Å². The Bertz CT molecular complexity index is 781. The lowest BCUT2D eigenvalue weighted by atomic mass is 9.47. The first-order valence-electron chi connectivity index (χ1n) is 10.7. The average Bonchev–Trinajstić information content (AvgIpc) is 2.60. The summed E-state index contributed by atoms with van der Waals surface area (Å²) in [7, 11) is 0. The van der Waals surface area contributed by atoms with Crippen LogP contribution in [0.3, 0.4) is 0 Å². The maximum Gasteiger partial charge on any atom is 0.110 e. The Balaban J connectivity index is 1.35. The van der Waals surface area contributed by atoms with Crippen LogP contribution in [0, 0.1) is 46.3 Å². The molecule has 4 bridgehead atoms. The van der Waals surface area contributed by atoms with Crippen molar-refractivity contribution in [2.45, 2.75) is 49.7 Å². The van der Waals surface area contributed by atoms with Crippen molar-refractivity contribution in [2.24, 2.45) is 35.3 Å². The summed E-state index contributed by atoms with van der Waals surface area (Å²) in [5, 5.41) is 29.3. The fourth-order valence-corrected chi connectivity index (χ4v) is 7.27. The molecule has 1 aromatic carbocycles. The van der Waals surface area contributed by atoms with Gasteiger partial charge in [-0.15, -0.1) is 0 Å². The number of nitriles is 1. The van der Waals surface area contributed by atoms with Gasteiger partial charge in [0.05, 0.1) is 23.6 Å². The van der Waals surface area contributed by atoms with E-state index in [1.165, 1.54) is 5.56 Å². The Morgan fingerprint density at radius 3 is 2.36 bits per heavy atom. The third-order valence-corrected chi connectivity index (χ3v) is 8.11. The maximum absolute atomic E-state index is 10.9. The number of nitrogens with zero attached hydrogens (tertiary/aromatic N) is 2. The van der Waals surface area contributed by atoms with E-state index in [-0.39, 0.29) is 23.7 Å². The summed E-state index contributed by atoms with van der Waals surface area (Å²) in [5.74, 6) is 2.06. The van der Waals surface area contributed by atoms with Crippen molar-refractivity contribution < 1.29 is 5.11 Å². The largest absolute Gasteiger partial charge is 0.390 e. The molecule has 148 valence electrons. The number of rotatable bonds is 5. The number of likely N-dealkylation sites (tertiary alicyclic amines) is 1. The molecule has 4 saturated carbocycles. The molecule has 6 rings (SSSR count). The molecule has 4 aliphatic carbocycles. The van der Waals surface area contributed by atoms with E-state index < -0.39 is 5.60 Å². The van der Waals surface area contributed by atoms with Crippen molar-refractivity contribution in [1.29, 1.82) is 10.7 Å². The van der Waals surface area contributed by atoms with Gasteiger partial charge in [0.2, 0.25) is 0 Å². The molecule has 1 aliphatic heterocycles. The highest BCUT2D eigenvalue weighted by Gasteiger charge is 2.58. The van der Waals surface area contributed by atoms with Crippen molar-refractivity contribution in [3.63, 3.8) is 0 Å². The summed E-state index contributed by atoms with van der Waals surface area (Å²) in [6.07, 6.45) is 4.89. The van der Waals surface area contributed by atoms with Crippen molar-refractivity contribution in [2.75, 3.05) is 13.1 Å². The number of hydrogen-bond acceptors (Lipinski definition) is 4. The number of benzene rings is 1. The summed E-state index contributed by atoms with van der Waals surface area (Å²) in [5.41, 5.74) is 6.90. The first kappa shape index (κ1) is 18.1. The summed E-state index contributed by atoms with van der Waals surface area (Å²) in [6.45, 7) is 1.72. The normalized spacial score (nSPS) is 39.1. The second-order valence-electron chi connectivity index (χ2n) is 9.89. The molecule has 0 aromatic heterocycles. The van der Waals surface area contributed by atoms with E-state index in [2.05, 4.69) is 35.2 Å². The second kappa shape index (κ2) is 6.57. The summed E-state index contributed by atoms with van der Waals surface area (Å²) < 4.78 is 0. The van der Waals surface area contributed by atoms with Gasteiger partial charge in [-0.1, -0.05) is 30.3 Å². The second-order valence-corrected chi connectivity index (χ2v) is 9.89. The van der Waals surface area contributed by atoms with Crippen LogP contribution >= 0.6 is 0 Å². The zero-order chi connectivity index (χ0) is 19.5. The van der Waals surface area contributed by atoms with Crippen molar-refractivity contribution in [1.82, 2.24) is 4.90 Å². The molecule has 0 spiro atoms. The lowest BCUT2D eigenvalue weighted by Crippen LogP contribution is -2.63. The van der Waals surface area contributed by atoms with Crippen molar-refractivity contribution in [3.8, 4) is 6.07 Å². The fourth-order valence-electron chi connectivity index (χ4n) is 7.27. The van der Waals surface area contributed by atoms with Gasteiger partial charge in [0, 0.05) is 19.0 Å². The zero-order valence-corrected chi connectivity index (χ0v) is 16.3. The zero-order valence-electron chi connectivity index (χ0n) is 16.3. The van der Waals surface area contributed by atoms with Crippen LogP contribution in [-0.2, 0) is 0 Å². The van der Waals surface area contributed by atoms with Crippen molar-refractivity contribution >= 4 is 5.84 Å². The van der Waals surface area contributed by atoms with Gasteiger partial charge >= 0.3 is 0 Å². The van der Waals surface area contributed by atoms with E-state index >= 15 is 0 Å². The lowest BCUT2D eigenvalue weighted by Gasteiger charge is -2.60. The average molecular weight is 379 g/mol. The minimum atomic E-state index is -0.492. The molecule has 5 aliphatic rings. The van der Waals surface area contributed by atoms with Gasteiger partial charge in [-0.05, 0) is 61.3 Å². The summed E-state index contributed by atoms with van der Waals surface area (Å²) >= 11 is 0. The Morgan fingerprint density at radius 1 is 1.18 bits per heavy atom. The fraction of sp³-hybridized carbons (Fsp3) is 0.652. The Labute approximate surface area is 167 Å². The summed E-state index contributed by atoms with van der Waals surface area (Å²) in [4.78, 5) is 2.24. The Hall–Kier alpha value is -1.90. The molecular weight excluding hydrogens is 348 g/mol. The molecule has 1 aromatic rings. The number of nitrogens with two attached hydrogens (primary N) is 1. The molecule has 5 heteroatoms. The first-order valence-corrected chi connectivity index (χ1v) is 10.7. The summed E-state index contributed by atoms with van der Waals surface area (Å²) in [6, 6.07) is 12.8. The number of nitrogens with one attached hydrogen (secondary N) is 1.